The Hall–Kier alpha value is -1.39. The van der Waals surface area contributed by atoms with Gasteiger partial charge in [0, 0.05) is 0 Å². The molecule has 1 aliphatic rings. The van der Waals surface area contributed by atoms with Gasteiger partial charge in [0.2, 0.25) is 0 Å². The second kappa shape index (κ2) is 6.68. The molecule has 1 aromatic rings. The van der Waals surface area contributed by atoms with Crippen molar-refractivity contribution in [2.45, 2.75) is 19.4 Å². The number of likely N-dealkylation sites (tertiary alicyclic amines) is 1. The van der Waals surface area contributed by atoms with Crippen molar-refractivity contribution in [3.05, 3.63) is 35.4 Å². The van der Waals surface area contributed by atoms with Gasteiger partial charge in [0.25, 0.3) is 0 Å². The quantitative estimate of drug-likeness (QED) is 0.840. The van der Waals surface area contributed by atoms with E-state index in [9.17, 15) is 4.79 Å². The Kier molecular flexibility index (Phi) is 4.93. The molecule has 0 spiro atoms. The number of ether oxygens (including phenoxy) is 1. The first-order valence-electron chi connectivity index (χ1n) is 6.74. The van der Waals surface area contributed by atoms with Crippen molar-refractivity contribution in [2.75, 3.05) is 26.7 Å². The van der Waals surface area contributed by atoms with Gasteiger partial charge in [-0.3, -0.25) is 0 Å². The summed E-state index contributed by atoms with van der Waals surface area (Å²) >= 11 is 0. The number of hydrogen-bond donors (Lipinski definition) is 1. The Morgan fingerprint density at radius 3 is 2.53 bits per heavy atom. The number of hydrogen-bond acceptors (Lipinski definition) is 4. The van der Waals surface area contributed by atoms with Gasteiger partial charge in [-0.05, 0) is 56.6 Å². The highest BCUT2D eigenvalue weighted by Gasteiger charge is 2.18. The van der Waals surface area contributed by atoms with Crippen LogP contribution in [-0.4, -0.2) is 42.7 Å². The van der Waals surface area contributed by atoms with Crippen LogP contribution < -0.4 is 0 Å². The molecule has 0 saturated carbocycles. The third-order valence-electron chi connectivity index (χ3n) is 3.66. The number of aliphatic hydroxyl groups is 1. The van der Waals surface area contributed by atoms with E-state index in [4.69, 9.17) is 9.84 Å². The molecule has 0 bridgehead atoms. The Morgan fingerprint density at radius 1 is 1.32 bits per heavy atom. The number of carbonyl (C=O) groups is 1. The Bertz CT molecular complexity index is 408. The normalized spacial score (nSPS) is 17.4. The lowest BCUT2D eigenvalue weighted by molar-refractivity contribution is 0.0384. The number of benzene rings is 1. The second-order valence-corrected chi connectivity index (χ2v) is 5.20. The van der Waals surface area contributed by atoms with Gasteiger partial charge in [0.05, 0.1) is 18.8 Å². The van der Waals surface area contributed by atoms with Crippen LogP contribution >= 0.6 is 0 Å². The van der Waals surface area contributed by atoms with Crippen LogP contribution in [0.1, 0.15) is 28.8 Å². The monoisotopic (exact) mass is 263 g/mol. The number of esters is 1. The molecule has 0 aliphatic carbocycles. The Morgan fingerprint density at radius 2 is 1.95 bits per heavy atom. The van der Waals surface area contributed by atoms with Gasteiger partial charge < -0.3 is 14.7 Å². The number of nitrogens with zero attached hydrogens (tertiary/aromatic N) is 1. The second-order valence-electron chi connectivity index (χ2n) is 5.20. The summed E-state index contributed by atoms with van der Waals surface area (Å²) in [6.07, 6.45) is 2.18. The standard InChI is InChI=1S/C15H21NO3/c1-16-8-6-13(7-9-16)11-19-15(18)14-4-2-12(10-17)3-5-14/h2-5,13,17H,6-11H2,1H3. The van der Waals surface area contributed by atoms with E-state index in [0.717, 1.165) is 31.5 Å². The van der Waals surface area contributed by atoms with Crippen molar-refractivity contribution in [1.82, 2.24) is 4.90 Å². The van der Waals surface area contributed by atoms with Crippen molar-refractivity contribution < 1.29 is 14.6 Å². The van der Waals surface area contributed by atoms with Crippen LogP contribution in [0.15, 0.2) is 24.3 Å². The van der Waals surface area contributed by atoms with Gasteiger partial charge in [-0.1, -0.05) is 12.1 Å². The molecule has 1 N–H and O–H groups in total. The lowest BCUT2D eigenvalue weighted by Crippen LogP contribution is -2.32. The van der Waals surface area contributed by atoms with E-state index in [2.05, 4.69) is 11.9 Å². The minimum Gasteiger partial charge on any atom is -0.462 e. The van der Waals surface area contributed by atoms with E-state index in [1.807, 2.05) is 0 Å². The molecule has 1 aromatic carbocycles. The molecule has 2 rings (SSSR count). The van der Waals surface area contributed by atoms with Crippen molar-refractivity contribution in [3.63, 3.8) is 0 Å². The zero-order valence-electron chi connectivity index (χ0n) is 11.3. The zero-order valence-corrected chi connectivity index (χ0v) is 11.3. The van der Waals surface area contributed by atoms with Gasteiger partial charge in [-0.15, -0.1) is 0 Å². The molecular formula is C15H21NO3. The van der Waals surface area contributed by atoms with Gasteiger partial charge in [-0.2, -0.15) is 0 Å². The summed E-state index contributed by atoms with van der Waals surface area (Å²) in [6.45, 7) is 2.65. The van der Waals surface area contributed by atoms with Crippen LogP contribution in [-0.2, 0) is 11.3 Å². The maximum absolute atomic E-state index is 11.9. The van der Waals surface area contributed by atoms with Crippen molar-refractivity contribution in [2.24, 2.45) is 5.92 Å². The van der Waals surface area contributed by atoms with Crippen LogP contribution in [0, 0.1) is 5.92 Å². The lowest BCUT2D eigenvalue weighted by Gasteiger charge is -2.28. The van der Waals surface area contributed by atoms with Gasteiger partial charge in [0.15, 0.2) is 0 Å². The molecule has 104 valence electrons. The highest BCUT2D eigenvalue weighted by Crippen LogP contribution is 2.17. The number of piperidine rings is 1. The van der Waals surface area contributed by atoms with E-state index in [1.54, 1.807) is 24.3 Å². The minimum atomic E-state index is -0.275. The van der Waals surface area contributed by atoms with E-state index in [-0.39, 0.29) is 12.6 Å². The zero-order chi connectivity index (χ0) is 13.7. The van der Waals surface area contributed by atoms with Crippen molar-refractivity contribution in [3.8, 4) is 0 Å². The van der Waals surface area contributed by atoms with Crippen molar-refractivity contribution >= 4 is 5.97 Å². The molecule has 1 saturated heterocycles. The molecule has 19 heavy (non-hydrogen) atoms. The summed E-state index contributed by atoms with van der Waals surface area (Å²) in [5.74, 6) is 0.209. The predicted molar refractivity (Wildman–Crippen MR) is 72.9 cm³/mol. The summed E-state index contributed by atoms with van der Waals surface area (Å²) in [6, 6.07) is 6.88. The summed E-state index contributed by atoms with van der Waals surface area (Å²) in [7, 11) is 2.12. The lowest BCUT2D eigenvalue weighted by atomic mass is 9.98. The first kappa shape index (κ1) is 14.0. The molecule has 0 radical (unpaired) electrons. The third kappa shape index (κ3) is 4.04. The Labute approximate surface area is 114 Å². The fourth-order valence-electron chi connectivity index (χ4n) is 2.25. The van der Waals surface area contributed by atoms with Crippen LogP contribution in [0.25, 0.3) is 0 Å². The van der Waals surface area contributed by atoms with E-state index < -0.39 is 0 Å². The summed E-state index contributed by atoms with van der Waals surface area (Å²) in [5.41, 5.74) is 1.34. The van der Waals surface area contributed by atoms with Crippen molar-refractivity contribution in [1.29, 1.82) is 0 Å². The van der Waals surface area contributed by atoms with Crippen LogP contribution in [0.4, 0.5) is 0 Å². The maximum atomic E-state index is 11.9. The molecule has 1 heterocycles. The van der Waals surface area contributed by atoms with Gasteiger partial charge in [0.1, 0.15) is 0 Å². The van der Waals surface area contributed by atoms with Crippen LogP contribution in [0.2, 0.25) is 0 Å². The van der Waals surface area contributed by atoms with Gasteiger partial charge in [-0.25, -0.2) is 4.79 Å². The fourth-order valence-corrected chi connectivity index (χ4v) is 2.25. The molecule has 0 amide bonds. The minimum absolute atomic E-state index is 0.00901. The Balaban J connectivity index is 1.80. The maximum Gasteiger partial charge on any atom is 0.338 e. The predicted octanol–water partition coefficient (Wildman–Crippen LogP) is 1.68. The van der Waals surface area contributed by atoms with Crippen LogP contribution in [0.5, 0.6) is 0 Å². The molecule has 1 aliphatic heterocycles. The summed E-state index contributed by atoms with van der Waals surface area (Å²) in [4.78, 5) is 14.2. The van der Waals surface area contributed by atoms with E-state index >= 15 is 0 Å². The third-order valence-corrected chi connectivity index (χ3v) is 3.66. The fraction of sp³-hybridized carbons (Fsp3) is 0.533. The first-order chi connectivity index (χ1) is 9.19. The first-order valence-corrected chi connectivity index (χ1v) is 6.74. The molecule has 0 atom stereocenters. The SMILES string of the molecule is CN1CCC(COC(=O)c2ccc(CO)cc2)CC1. The average molecular weight is 263 g/mol. The van der Waals surface area contributed by atoms with Gasteiger partial charge >= 0.3 is 5.97 Å². The van der Waals surface area contributed by atoms with Crippen LogP contribution in [0.3, 0.4) is 0 Å². The highest BCUT2D eigenvalue weighted by molar-refractivity contribution is 5.89. The van der Waals surface area contributed by atoms with E-state index in [1.165, 1.54) is 0 Å². The molecule has 4 nitrogen and oxygen atoms in total. The topological polar surface area (TPSA) is 49.8 Å². The molecular weight excluding hydrogens is 242 g/mol. The summed E-state index contributed by atoms with van der Waals surface area (Å²) in [5, 5.41) is 8.94. The molecule has 0 aromatic heterocycles. The molecule has 1 fully saturated rings. The number of carbonyl (C=O) groups excluding carboxylic acids is 1. The largest absolute Gasteiger partial charge is 0.462 e. The van der Waals surface area contributed by atoms with E-state index in [0.29, 0.717) is 18.1 Å². The molecule has 4 heteroatoms. The number of aliphatic hydroxyl groups excluding tert-OH is 1. The summed E-state index contributed by atoms with van der Waals surface area (Å²) < 4.78 is 5.36. The average Bonchev–Trinajstić information content (AvgIpc) is 2.46. The molecule has 0 unspecified atom stereocenters. The highest BCUT2D eigenvalue weighted by atomic mass is 16.5. The number of rotatable bonds is 4. The smallest absolute Gasteiger partial charge is 0.338 e.